The topological polar surface area (TPSA) is 103 Å². The molecule has 0 radical (unpaired) electrons. The van der Waals surface area contributed by atoms with E-state index in [2.05, 4.69) is 29.6 Å². The number of nitrogens with one attached hydrogen (secondary N) is 1. The number of methoxy groups -OCH3 is 4. The summed E-state index contributed by atoms with van der Waals surface area (Å²) in [7, 11) is 1.71. The van der Waals surface area contributed by atoms with Crippen LogP contribution in [0.2, 0.25) is 0 Å². The van der Waals surface area contributed by atoms with E-state index in [1.165, 1.54) is 41.8 Å². The fourth-order valence-electron chi connectivity index (χ4n) is 7.54. The fourth-order valence-corrected chi connectivity index (χ4v) is 9.30. The molecule has 0 spiro atoms. The van der Waals surface area contributed by atoms with E-state index >= 15 is 8.42 Å². The second-order valence-corrected chi connectivity index (χ2v) is 15.6. The van der Waals surface area contributed by atoms with Gasteiger partial charge < -0.3 is 24.3 Å². The maximum absolute atomic E-state index is 15.2. The number of carbonyl (C=O) groups excluding carboxylic acids is 1. The summed E-state index contributed by atoms with van der Waals surface area (Å²) in [5, 5.41) is 3.36. The lowest BCUT2D eigenvalue weighted by atomic mass is 9.85. The van der Waals surface area contributed by atoms with E-state index in [0.29, 0.717) is 28.4 Å². The molecule has 1 N–H and O–H groups in total. The summed E-state index contributed by atoms with van der Waals surface area (Å²) in [6.07, 6.45) is 5.09. The van der Waals surface area contributed by atoms with E-state index in [-0.39, 0.29) is 29.0 Å². The van der Waals surface area contributed by atoms with Crippen LogP contribution < -0.4 is 24.3 Å². The van der Waals surface area contributed by atoms with E-state index < -0.39 is 22.1 Å². The zero-order valence-corrected chi connectivity index (χ0v) is 32.8. The second kappa shape index (κ2) is 18.3. The zero-order chi connectivity index (χ0) is 38.8. The quantitative estimate of drug-likeness (QED) is 0.103. The number of ether oxygens (including phenoxy) is 4. The third-order valence-electron chi connectivity index (χ3n) is 10.3. The van der Waals surface area contributed by atoms with Crippen LogP contribution in [0.3, 0.4) is 0 Å². The molecule has 1 aliphatic heterocycles. The van der Waals surface area contributed by atoms with Crippen molar-refractivity contribution in [2.45, 2.75) is 68.0 Å². The Kier molecular flexibility index (Phi) is 13.1. The largest absolute Gasteiger partial charge is 0.493 e. The lowest BCUT2D eigenvalue weighted by molar-refractivity contribution is -0.126. The maximum atomic E-state index is 15.2. The number of amides is 1. The minimum atomic E-state index is -4.37. The third kappa shape index (κ3) is 9.15. The van der Waals surface area contributed by atoms with E-state index in [1.807, 2.05) is 78.9 Å². The summed E-state index contributed by atoms with van der Waals surface area (Å²) in [6.45, 7) is 0. The predicted octanol–water partition coefficient (Wildman–Crippen LogP) is 7.96. The van der Waals surface area contributed by atoms with Crippen LogP contribution in [0.4, 0.5) is 0 Å². The minimum absolute atomic E-state index is 0.0184. The number of aryl methyl sites for hydroxylation is 2. The van der Waals surface area contributed by atoms with Crippen LogP contribution in [-0.2, 0) is 34.1 Å². The Morgan fingerprint density at radius 1 is 0.673 bits per heavy atom. The number of rotatable bonds is 17. The molecule has 1 heterocycles. The minimum Gasteiger partial charge on any atom is -0.493 e. The van der Waals surface area contributed by atoms with E-state index in [4.69, 9.17) is 18.9 Å². The van der Waals surface area contributed by atoms with Crippen LogP contribution in [0.1, 0.15) is 59.5 Å². The van der Waals surface area contributed by atoms with Crippen molar-refractivity contribution in [1.82, 2.24) is 9.62 Å². The van der Waals surface area contributed by atoms with Gasteiger partial charge in [-0.25, -0.2) is 8.42 Å². The Morgan fingerprint density at radius 2 is 1.18 bits per heavy atom. The number of benzene rings is 5. The fraction of sp³-hybridized carbons (Fsp3) is 0.311. The highest BCUT2D eigenvalue weighted by molar-refractivity contribution is 7.89. The molecule has 10 heteroatoms. The van der Waals surface area contributed by atoms with Gasteiger partial charge in [-0.15, -0.1) is 0 Å². The highest BCUT2D eigenvalue weighted by atomic mass is 32.2. The van der Waals surface area contributed by atoms with Gasteiger partial charge in [0, 0.05) is 12.1 Å². The zero-order valence-electron chi connectivity index (χ0n) is 31.9. The molecule has 0 aliphatic carbocycles. The average Bonchev–Trinajstić information content (AvgIpc) is 3.23. The summed E-state index contributed by atoms with van der Waals surface area (Å²) in [5.74, 6) is 1.27. The van der Waals surface area contributed by atoms with Crippen LogP contribution in [-0.4, -0.2) is 59.2 Å². The van der Waals surface area contributed by atoms with Gasteiger partial charge in [0.15, 0.2) is 23.0 Å². The van der Waals surface area contributed by atoms with Crippen LogP contribution in [0.25, 0.3) is 0 Å². The Morgan fingerprint density at radius 3 is 1.73 bits per heavy atom. The molecule has 0 saturated carbocycles. The summed E-state index contributed by atoms with van der Waals surface area (Å²) in [6, 6.07) is 36.1. The first-order chi connectivity index (χ1) is 26.8. The van der Waals surface area contributed by atoms with Gasteiger partial charge in [-0.2, -0.15) is 4.31 Å². The van der Waals surface area contributed by atoms with Crippen LogP contribution in [0, 0.1) is 0 Å². The first-order valence-corrected chi connectivity index (χ1v) is 20.1. The molecule has 6 rings (SSSR count). The molecule has 1 amide bonds. The molecule has 2 atom stereocenters. The molecule has 288 valence electrons. The van der Waals surface area contributed by atoms with Crippen molar-refractivity contribution in [3.63, 3.8) is 0 Å². The Labute approximate surface area is 325 Å². The van der Waals surface area contributed by atoms with Crippen LogP contribution in [0.15, 0.2) is 126 Å². The van der Waals surface area contributed by atoms with Crippen molar-refractivity contribution < 1.29 is 32.2 Å². The normalized spacial score (nSPS) is 15.6. The SMILES string of the molecule is COc1ccc(S(=O)(=O)N2C(C(=O)NC(CCCc3ccccc3)CCCc3ccccc3)Cc3cc(OC)c(OC)cc3C2c2ccccc2)cc1OC. The van der Waals surface area contributed by atoms with Gasteiger partial charge in [-0.3, -0.25) is 4.79 Å². The van der Waals surface area contributed by atoms with Gasteiger partial charge in [0.05, 0.1) is 39.4 Å². The van der Waals surface area contributed by atoms with Gasteiger partial charge in [0.2, 0.25) is 15.9 Å². The molecular formula is C45H50N2O7S. The Bertz CT molecular complexity index is 2080. The molecule has 5 aromatic rings. The van der Waals surface area contributed by atoms with Crippen molar-refractivity contribution in [3.05, 3.63) is 149 Å². The molecule has 0 aromatic heterocycles. The first kappa shape index (κ1) is 39.4. The third-order valence-corrected chi connectivity index (χ3v) is 12.2. The Balaban J connectivity index is 1.41. The molecular weight excluding hydrogens is 713 g/mol. The molecule has 5 aromatic carbocycles. The second-order valence-electron chi connectivity index (χ2n) is 13.8. The number of hydrogen-bond acceptors (Lipinski definition) is 7. The maximum Gasteiger partial charge on any atom is 0.244 e. The highest BCUT2D eigenvalue weighted by Gasteiger charge is 2.47. The predicted molar refractivity (Wildman–Crippen MR) is 215 cm³/mol. The molecule has 1 aliphatic rings. The summed E-state index contributed by atoms with van der Waals surface area (Å²) < 4.78 is 54.1. The van der Waals surface area contributed by atoms with E-state index in [9.17, 15) is 4.79 Å². The van der Waals surface area contributed by atoms with Crippen molar-refractivity contribution in [2.24, 2.45) is 0 Å². The average molecular weight is 763 g/mol. The number of fused-ring (bicyclic) bond motifs is 1. The number of nitrogens with zero attached hydrogens (tertiary/aromatic N) is 1. The van der Waals surface area contributed by atoms with Crippen molar-refractivity contribution in [2.75, 3.05) is 28.4 Å². The molecule has 2 unspecified atom stereocenters. The smallest absolute Gasteiger partial charge is 0.244 e. The summed E-state index contributed by atoms with van der Waals surface area (Å²) >= 11 is 0. The van der Waals surface area contributed by atoms with Gasteiger partial charge in [0.1, 0.15) is 6.04 Å². The highest BCUT2D eigenvalue weighted by Crippen LogP contribution is 2.46. The molecule has 0 bridgehead atoms. The number of carbonyl (C=O) groups is 1. The summed E-state index contributed by atoms with van der Waals surface area (Å²) in [4.78, 5) is 14.9. The van der Waals surface area contributed by atoms with Gasteiger partial charge in [0.25, 0.3) is 0 Å². The number of hydrogen-bond donors (Lipinski definition) is 1. The van der Waals surface area contributed by atoms with Gasteiger partial charge in [-0.1, -0.05) is 91.0 Å². The van der Waals surface area contributed by atoms with E-state index in [1.54, 1.807) is 20.3 Å². The molecule has 0 saturated heterocycles. The molecule has 9 nitrogen and oxygen atoms in total. The monoisotopic (exact) mass is 762 g/mol. The lowest BCUT2D eigenvalue weighted by Gasteiger charge is -2.42. The van der Waals surface area contributed by atoms with Crippen LogP contribution >= 0.6 is 0 Å². The Hall–Kier alpha value is -5.32. The van der Waals surface area contributed by atoms with Crippen LogP contribution in [0.5, 0.6) is 23.0 Å². The van der Waals surface area contributed by atoms with Gasteiger partial charge >= 0.3 is 0 Å². The lowest BCUT2D eigenvalue weighted by Crippen LogP contribution is -2.56. The van der Waals surface area contributed by atoms with Crippen molar-refractivity contribution in [1.29, 1.82) is 0 Å². The summed E-state index contributed by atoms with van der Waals surface area (Å²) in [5.41, 5.74) is 4.69. The van der Waals surface area contributed by atoms with Crippen molar-refractivity contribution >= 4 is 15.9 Å². The number of sulfonamides is 1. The van der Waals surface area contributed by atoms with Gasteiger partial charge in [-0.05, 0) is 97.0 Å². The standard InChI is InChI=1S/C45H50N2O7S/c1-51-40-27-26-37(30-42(40)53-3)55(49,50)47-39(28-35-29-41(52-2)43(54-4)31-38(35)44(47)34-22-12-7-13-23-34)45(48)46-36(24-14-20-32-16-8-5-9-17-32)25-15-21-33-18-10-6-11-19-33/h5-13,16-19,22-23,26-27,29-31,36,39,44H,14-15,20-21,24-25,28H2,1-4H3,(H,46,48). The molecule has 55 heavy (non-hydrogen) atoms. The van der Waals surface area contributed by atoms with Crippen molar-refractivity contribution in [3.8, 4) is 23.0 Å². The van der Waals surface area contributed by atoms with E-state index in [0.717, 1.165) is 44.1 Å². The first-order valence-electron chi connectivity index (χ1n) is 18.7. The molecule has 0 fully saturated rings.